The van der Waals surface area contributed by atoms with Gasteiger partial charge >= 0.3 is 11.9 Å². The molecule has 0 saturated carbocycles. The topological polar surface area (TPSA) is 61.8 Å². The molecule has 1 aliphatic rings. The number of aryl methyl sites for hydroxylation is 2. The van der Waals surface area contributed by atoms with Gasteiger partial charge in [-0.25, -0.2) is 9.59 Å². The second kappa shape index (κ2) is 8.35. The Bertz CT molecular complexity index is 794. The van der Waals surface area contributed by atoms with Crippen molar-refractivity contribution in [1.29, 1.82) is 0 Å². The van der Waals surface area contributed by atoms with Crippen molar-refractivity contribution in [3.05, 3.63) is 70.8 Å². The van der Waals surface area contributed by atoms with Gasteiger partial charge < -0.3 is 14.2 Å². The Morgan fingerprint density at radius 2 is 1.44 bits per heavy atom. The molecule has 3 rings (SSSR count). The highest BCUT2D eigenvalue weighted by Gasteiger charge is 2.37. The van der Waals surface area contributed by atoms with Crippen molar-refractivity contribution in [2.24, 2.45) is 0 Å². The lowest BCUT2D eigenvalue weighted by molar-refractivity contribution is -0.0394. The van der Waals surface area contributed by atoms with Gasteiger partial charge in [0.15, 0.2) is 0 Å². The highest BCUT2D eigenvalue weighted by atomic mass is 16.6. The summed E-state index contributed by atoms with van der Waals surface area (Å²) in [5.74, 6) is -0.811. The molecule has 2 aromatic carbocycles. The van der Waals surface area contributed by atoms with Crippen LogP contribution in [0.4, 0.5) is 0 Å². The van der Waals surface area contributed by atoms with Crippen LogP contribution in [0.1, 0.15) is 45.2 Å². The molecule has 27 heavy (non-hydrogen) atoms. The summed E-state index contributed by atoms with van der Waals surface area (Å²) in [6.07, 6.45) is -0.406. The minimum absolute atomic E-state index is 0.0445. The third kappa shape index (κ3) is 4.95. The normalized spacial score (nSPS) is 21.7. The first-order valence-electron chi connectivity index (χ1n) is 9.09. The fourth-order valence-corrected chi connectivity index (χ4v) is 3.02. The summed E-state index contributed by atoms with van der Waals surface area (Å²) in [5, 5.41) is 0. The summed E-state index contributed by atoms with van der Waals surface area (Å²) in [7, 11) is 0. The zero-order valence-corrected chi connectivity index (χ0v) is 15.8. The van der Waals surface area contributed by atoms with E-state index in [-0.39, 0.29) is 12.7 Å². The molecule has 2 aromatic rings. The maximum atomic E-state index is 12.4. The van der Waals surface area contributed by atoms with E-state index in [2.05, 4.69) is 0 Å². The molecule has 0 N–H and O–H groups in total. The Morgan fingerprint density at radius 3 is 2.00 bits per heavy atom. The number of hydrogen-bond donors (Lipinski definition) is 0. The van der Waals surface area contributed by atoms with E-state index < -0.39 is 24.1 Å². The molecule has 0 aromatic heterocycles. The first kappa shape index (κ1) is 19.1. The second-order valence-corrected chi connectivity index (χ2v) is 7.00. The molecule has 1 aliphatic heterocycles. The van der Waals surface area contributed by atoms with Crippen LogP contribution in [0.3, 0.4) is 0 Å². The van der Waals surface area contributed by atoms with Crippen LogP contribution in [0.2, 0.25) is 0 Å². The minimum Gasteiger partial charge on any atom is -0.459 e. The van der Waals surface area contributed by atoms with Crippen molar-refractivity contribution >= 4 is 11.9 Å². The van der Waals surface area contributed by atoms with Crippen molar-refractivity contribution < 1.29 is 23.8 Å². The number of rotatable bonds is 5. The zero-order chi connectivity index (χ0) is 19.4. The van der Waals surface area contributed by atoms with Crippen LogP contribution in [0.5, 0.6) is 0 Å². The van der Waals surface area contributed by atoms with Crippen molar-refractivity contribution in [3.8, 4) is 0 Å². The lowest BCUT2D eigenvalue weighted by Crippen LogP contribution is -2.32. The van der Waals surface area contributed by atoms with Gasteiger partial charge in [-0.15, -0.1) is 0 Å². The quantitative estimate of drug-likeness (QED) is 0.750. The van der Waals surface area contributed by atoms with Crippen LogP contribution in [0.25, 0.3) is 0 Å². The van der Waals surface area contributed by atoms with E-state index in [1.54, 1.807) is 24.3 Å². The monoisotopic (exact) mass is 368 g/mol. The highest BCUT2D eigenvalue weighted by molar-refractivity contribution is 5.90. The van der Waals surface area contributed by atoms with E-state index in [9.17, 15) is 9.59 Å². The van der Waals surface area contributed by atoms with Gasteiger partial charge in [0.05, 0.1) is 17.2 Å². The number of hydrogen-bond acceptors (Lipinski definition) is 5. The molecule has 1 saturated heterocycles. The first-order valence-corrected chi connectivity index (χ1v) is 9.09. The van der Waals surface area contributed by atoms with Crippen LogP contribution >= 0.6 is 0 Å². The van der Waals surface area contributed by atoms with E-state index in [4.69, 9.17) is 14.2 Å². The van der Waals surface area contributed by atoms with Crippen LogP contribution < -0.4 is 0 Å². The van der Waals surface area contributed by atoms with Crippen molar-refractivity contribution in [2.75, 3.05) is 6.61 Å². The van der Waals surface area contributed by atoms with E-state index in [0.717, 1.165) is 11.1 Å². The Kier molecular flexibility index (Phi) is 5.91. The van der Waals surface area contributed by atoms with Crippen molar-refractivity contribution in [2.45, 2.75) is 45.5 Å². The summed E-state index contributed by atoms with van der Waals surface area (Å²) in [4.78, 5) is 24.6. The maximum Gasteiger partial charge on any atom is 0.338 e. The molecule has 1 heterocycles. The van der Waals surface area contributed by atoms with Gasteiger partial charge in [-0.05, 0) is 45.0 Å². The highest BCUT2D eigenvalue weighted by Crippen LogP contribution is 2.25. The van der Waals surface area contributed by atoms with Crippen molar-refractivity contribution in [1.82, 2.24) is 0 Å². The molecule has 1 unspecified atom stereocenters. The zero-order valence-electron chi connectivity index (χ0n) is 15.8. The van der Waals surface area contributed by atoms with Crippen LogP contribution in [-0.4, -0.2) is 36.9 Å². The Labute approximate surface area is 159 Å². The molecule has 142 valence electrons. The van der Waals surface area contributed by atoms with Crippen LogP contribution in [-0.2, 0) is 14.2 Å². The average molecular weight is 368 g/mol. The standard InChI is InChI=1S/C22H24O5/c1-14-4-8-17(9-5-14)21(23)25-13-20-19(12-16(3)26-20)27-22(24)18-10-6-15(2)7-11-18/h4-11,16,19-20H,12-13H2,1-3H3/t16-,19?,20+/m0/s1. The second-order valence-electron chi connectivity index (χ2n) is 7.00. The molecule has 0 amide bonds. The molecule has 0 bridgehead atoms. The largest absolute Gasteiger partial charge is 0.459 e. The fourth-order valence-electron chi connectivity index (χ4n) is 3.02. The van der Waals surface area contributed by atoms with Gasteiger partial charge in [-0.3, -0.25) is 0 Å². The molecule has 0 aliphatic carbocycles. The molecule has 0 spiro atoms. The average Bonchev–Trinajstić information content (AvgIpc) is 3.00. The molecular formula is C22H24O5. The summed E-state index contributed by atoms with van der Waals surface area (Å²) >= 11 is 0. The Morgan fingerprint density at radius 1 is 0.926 bits per heavy atom. The predicted octanol–water partition coefficient (Wildman–Crippen LogP) is 3.86. The van der Waals surface area contributed by atoms with Gasteiger partial charge in [0.2, 0.25) is 0 Å². The van der Waals surface area contributed by atoms with E-state index in [0.29, 0.717) is 17.5 Å². The summed E-state index contributed by atoms with van der Waals surface area (Å²) in [6, 6.07) is 14.4. The Hall–Kier alpha value is -2.66. The molecule has 5 heteroatoms. The molecule has 0 radical (unpaired) electrons. The summed E-state index contributed by atoms with van der Waals surface area (Å²) in [5.41, 5.74) is 3.13. The predicted molar refractivity (Wildman–Crippen MR) is 101 cm³/mol. The summed E-state index contributed by atoms with van der Waals surface area (Å²) in [6.45, 7) is 5.87. The first-order chi connectivity index (χ1) is 12.9. The molecule has 3 atom stereocenters. The smallest absolute Gasteiger partial charge is 0.338 e. The number of carbonyl (C=O) groups is 2. The van der Waals surface area contributed by atoms with Gasteiger partial charge in [-0.2, -0.15) is 0 Å². The lowest BCUT2D eigenvalue weighted by Gasteiger charge is -2.19. The van der Waals surface area contributed by atoms with Crippen LogP contribution in [0, 0.1) is 13.8 Å². The van der Waals surface area contributed by atoms with Gasteiger partial charge in [0.25, 0.3) is 0 Å². The van der Waals surface area contributed by atoms with Crippen molar-refractivity contribution in [3.63, 3.8) is 0 Å². The molecule has 1 fully saturated rings. The maximum absolute atomic E-state index is 12.4. The number of esters is 2. The summed E-state index contributed by atoms with van der Waals surface area (Å²) < 4.78 is 16.8. The Balaban J connectivity index is 1.58. The third-order valence-electron chi connectivity index (χ3n) is 4.60. The lowest BCUT2D eigenvalue weighted by atomic mass is 10.1. The number of carbonyl (C=O) groups excluding carboxylic acids is 2. The van der Waals surface area contributed by atoms with Crippen LogP contribution in [0.15, 0.2) is 48.5 Å². The number of benzene rings is 2. The molecule has 5 nitrogen and oxygen atoms in total. The fraction of sp³-hybridized carbons (Fsp3) is 0.364. The van der Waals surface area contributed by atoms with E-state index >= 15 is 0 Å². The van der Waals surface area contributed by atoms with E-state index in [1.807, 2.05) is 45.0 Å². The number of ether oxygens (including phenoxy) is 3. The minimum atomic E-state index is -0.469. The van der Waals surface area contributed by atoms with Gasteiger partial charge in [0, 0.05) is 6.42 Å². The third-order valence-corrected chi connectivity index (χ3v) is 4.60. The van der Waals surface area contributed by atoms with Gasteiger partial charge in [0.1, 0.15) is 18.8 Å². The van der Waals surface area contributed by atoms with Gasteiger partial charge in [-0.1, -0.05) is 35.4 Å². The molecular weight excluding hydrogens is 344 g/mol. The van der Waals surface area contributed by atoms with E-state index in [1.165, 1.54) is 0 Å². The SMILES string of the molecule is Cc1ccc(C(=O)OC[C@H]2O[C@@H](C)CC2OC(=O)c2ccc(C)cc2)cc1.